The molecule has 1 aromatic heterocycles. The zero-order valence-electron chi connectivity index (χ0n) is 14.0. The highest BCUT2D eigenvalue weighted by molar-refractivity contribution is 6.01. The molecule has 2 aromatic carbocycles. The van der Waals surface area contributed by atoms with E-state index in [4.69, 9.17) is 0 Å². The number of aryl methyl sites for hydroxylation is 3. The topological polar surface area (TPSA) is 59.0 Å². The van der Waals surface area contributed by atoms with E-state index in [1.54, 1.807) is 0 Å². The van der Waals surface area contributed by atoms with Gasteiger partial charge in [0.15, 0.2) is 0 Å². The van der Waals surface area contributed by atoms with Crippen LogP contribution in [0.4, 0.5) is 10.5 Å². The summed E-state index contributed by atoms with van der Waals surface area (Å²) in [4.78, 5) is 12.1. The van der Waals surface area contributed by atoms with Crippen molar-refractivity contribution < 1.29 is 4.79 Å². The van der Waals surface area contributed by atoms with Crippen LogP contribution in [0.3, 0.4) is 0 Å². The van der Waals surface area contributed by atoms with Gasteiger partial charge in [-0.1, -0.05) is 36.4 Å². The lowest BCUT2D eigenvalue weighted by Gasteiger charge is -2.10. The summed E-state index contributed by atoms with van der Waals surface area (Å²) in [6.45, 7) is 5.43. The van der Waals surface area contributed by atoms with Crippen LogP contribution in [0.25, 0.3) is 10.8 Å². The number of amides is 2. The molecule has 0 aliphatic heterocycles. The van der Waals surface area contributed by atoms with Crippen LogP contribution < -0.4 is 10.6 Å². The van der Waals surface area contributed by atoms with Crippen molar-refractivity contribution >= 4 is 22.5 Å². The molecule has 24 heavy (non-hydrogen) atoms. The van der Waals surface area contributed by atoms with Gasteiger partial charge in [-0.25, -0.2) is 4.79 Å². The Hall–Kier alpha value is -2.82. The van der Waals surface area contributed by atoms with Crippen LogP contribution in [0.5, 0.6) is 0 Å². The number of nitrogens with one attached hydrogen (secondary N) is 2. The average molecular weight is 322 g/mol. The Kier molecular flexibility index (Phi) is 4.79. The molecular weight excluding hydrogens is 300 g/mol. The second-order valence-corrected chi connectivity index (χ2v) is 5.91. The molecule has 0 radical (unpaired) electrons. The maximum absolute atomic E-state index is 12.1. The highest BCUT2D eigenvalue weighted by atomic mass is 16.2. The number of rotatable bonds is 5. The van der Waals surface area contributed by atoms with Gasteiger partial charge in [-0.05, 0) is 37.8 Å². The van der Waals surface area contributed by atoms with Crippen molar-refractivity contribution in [2.24, 2.45) is 0 Å². The summed E-state index contributed by atoms with van der Waals surface area (Å²) in [5.74, 6) is 0. The molecule has 0 saturated carbocycles. The predicted molar refractivity (Wildman–Crippen MR) is 97.3 cm³/mol. The van der Waals surface area contributed by atoms with E-state index in [2.05, 4.69) is 21.8 Å². The van der Waals surface area contributed by atoms with Crippen molar-refractivity contribution in [3.63, 3.8) is 0 Å². The third-order valence-corrected chi connectivity index (χ3v) is 3.97. The predicted octanol–water partition coefficient (Wildman–Crippen LogP) is 3.86. The number of hydrogen-bond acceptors (Lipinski definition) is 2. The molecule has 0 spiro atoms. The number of benzene rings is 2. The summed E-state index contributed by atoms with van der Waals surface area (Å²) < 4.78 is 1.97. The van der Waals surface area contributed by atoms with Gasteiger partial charge in [-0.15, -0.1) is 0 Å². The van der Waals surface area contributed by atoms with Crippen LogP contribution >= 0.6 is 0 Å². The molecule has 2 N–H and O–H groups in total. The van der Waals surface area contributed by atoms with Gasteiger partial charge in [0, 0.05) is 24.2 Å². The molecule has 0 bridgehead atoms. The fraction of sp³-hybridized carbons (Fsp3) is 0.263. The molecule has 1 heterocycles. The van der Waals surface area contributed by atoms with Crippen molar-refractivity contribution in [1.82, 2.24) is 15.1 Å². The summed E-state index contributed by atoms with van der Waals surface area (Å²) in [5.41, 5.74) is 2.99. The number of anilines is 1. The van der Waals surface area contributed by atoms with Gasteiger partial charge in [-0.3, -0.25) is 4.68 Å². The Balaban J connectivity index is 1.51. The monoisotopic (exact) mass is 322 g/mol. The maximum Gasteiger partial charge on any atom is 0.319 e. The summed E-state index contributed by atoms with van der Waals surface area (Å²) in [6, 6.07) is 15.8. The minimum atomic E-state index is -0.181. The minimum Gasteiger partial charge on any atom is -0.338 e. The second kappa shape index (κ2) is 7.17. The summed E-state index contributed by atoms with van der Waals surface area (Å²) >= 11 is 0. The fourth-order valence-electron chi connectivity index (χ4n) is 2.83. The van der Waals surface area contributed by atoms with Gasteiger partial charge < -0.3 is 10.6 Å². The van der Waals surface area contributed by atoms with E-state index in [0.29, 0.717) is 6.54 Å². The molecule has 0 saturated heterocycles. The molecule has 0 aliphatic rings. The Bertz CT molecular complexity index is 848. The van der Waals surface area contributed by atoms with Crippen LogP contribution in [0, 0.1) is 13.8 Å². The SMILES string of the molecule is Cc1cc(C)n(CCCNC(=O)Nc2cccc3ccccc23)n1. The third-order valence-electron chi connectivity index (χ3n) is 3.97. The largest absolute Gasteiger partial charge is 0.338 e. The second-order valence-electron chi connectivity index (χ2n) is 5.91. The first-order valence-corrected chi connectivity index (χ1v) is 8.17. The van der Waals surface area contributed by atoms with Gasteiger partial charge in [0.25, 0.3) is 0 Å². The van der Waals surface area contributed by atoms with Crippen molar-refractivity contribution in [2.75, 3.05) is 11.9 Å². The van der Waals surface area contributed by atoms with Crippen LogP contribution in [0.15, 0.2) is 48.5 Å². The lowest BCUT2D eigenvalue weighted by atomic mass is 10.1. The van der Waals surface area contributed by atoms with E-state index in [1.165, 1.54) is 0 Å². The van der Waals surface area contributed by atoms with Crippen LogP contribution in [0.2, 0.25) is 0 Å². The Morgan fingerprint density at radius 2 is 1.92 bits per heavy atom. The summed E-state index contributed by atoms with van der Waals surface area (Å²) in [5, 5.41) is 12.4. The number of fused-ring (bicyclic) bond motifs is 1. The molecule has 3 aromatic rings. The lowest BCUT2D eigenvalue weighted by molar-refractivity contribution is 0.251. The highest BCUT2D eigenvalue weighted by Crippen LogP contribution is 2.22. The van der Waals surface area contributed by atoms with Gasteiger partial charge in [-0.2, -0.15) is 5.10 Å². The van der Waals surface area contributed by atoms with Crippen molar-refractivity contribution in [1.29, 1.82) is 0 Å². The molecule has 0 unspecified atom stereocenters. The first-order chi connectivity index (χ1) is 11.6. The quantitative estimate of drug-likeness (QED) is 0.701. The number of urea groups is 1. The van der Waals surface area contributed by atoms with Crippen LogP contribution in [0.1, 0.15) is 17.8 Å². The highest BCUT2D eigenvalue weighted by Gasteiger charge is 2.05. The standard InChI is InChI=1S/C19H22N4O/c1-14-13-15(2)23(22-14)12-6-11-20-19(24)21-18-10-5-8-16-7-3-4-9-17(16)18/h3-5,7-10,13H,6,11-12H2,1-2H3,(H2,20,21,24). The zero-order chi connectivity index (χ0) is 16.9. The summed E-state index contributed by atoms with van der Waals surface area (Å²) in [7, 11) is 0. The Morgan fingerprint density at radius 1 is 1.12 bits per heavy atom. The number of carbonyl (C=O) groups is 1. The molecular formula is C19H22N4O. The lowest BCUT2D eigenvalue weighted by Crippen LogP contribution is -2.30. The van der Waals surface area contributed by atoms with Crippen molar-refractivity contribution in [3.05, 3.63) is 59.9 Å². The summed E-state index contributed by atoms with van der Waals surface area (Å²) in [6.07, 6.45) is 0.838. The van der Waals surface area contributed by atoms with E-state index in [0.717, 1.165) is 40.8 Å². The normalized spacial score (nSPS) is 10.8. The van der Waals surface area contributed by atoms with Crippen molar-refractivity contribution in [2.45, 2.75) is 26.8 Å². The van der Waals surface area contributed by atoms with Crippen LogP contribution in [-0.2, 0) is 6.54 Å². The molecule has 3 rings (SSSR count). The number of carbonyl (C=O) groups excluding carboxylic acids is 1. The van der Waals surface area contributed by atoms with Crippen molar-refractivity contribution in [3.8, 4) is 0 Å². The Morgan fingerprint density at radius 3 is 2.71 bits per heavy atom. The molecule has 0 fully saturated rings. The van der Waals surface area contributed by atoms with E-state index in [9.17, 15) is 4.79 Å². The number of nitrogens with zero attached hydrogens (tertiary/aromatic N) is 2. The Labute approximate surface area is 141 Å². The fourth-order valence-corrected chi connectivity index (χ4v) is 2.83. The van der Waals surface area contributed by atoms with Gasteiger partial charge in [0.1, 0.15) is 0 Å². The third kappa shape index (κ3) is 3.74. The molecule has 0 aliphatic carbocycles. The number of aromatic nitrogens is 2. The first kappa shape index (κ1) is 16.1. The maximum atomic E-state index is 12.1. The van der Waals surface area contributed by atoms with E-state index in [-0.39, 0.29) is 6.03 Å². The van der Waals surface area contributed by atoms with Gasteiger partial charge in [0.05, 0.1) is 11.4 Å². The molecule has 0 atom stereocenters. The average Bonchev–Trinajstić information content (AvgIpc) is 2.89. The zero-order valence-corrected chi connectivity index (χ0v) is 14.0. The molecule has 5 nitrogen and oxygen atoms in total. The van der Waals surface area contributed by atoms with Gasteiger partial charge in [0.2, 0.25) is 0 Å². The first-order valence-electron chi connectivity index (χ1n) is 8.17. The molecule has 124 valence electrons. The van der Waals surface area contributed by atoms with E-state index >= 15 is 0 Å². The smallest absolute Gasteiger partial charge is 0.319 e. The van der Waals surface area contributed by atoms with E-state index < -0.39 is 0 Å². The van der Waals surface area contributed by atoms with Crippen LogP contribution in [-0.4, -0.2) is 22.4 Å². The minimum absolute atomic E-state index is 0.181. The molecule has 5 heteroatoms. The molecule has 2 amide bonds. The van der Waals surface area contributed by atoms with Gasteiger partial charge >= 0.3 is 6.03 Å². The number of hydrogen-bond donors (Lipinski definition) is 2. The van der Waals surface area contributed by atoms with E-state index in [1.807, 2.05) is 61.0 Å².